The Hall–Kier alpha value is -3.72. The third-order valence-corrected chi connectivity index (χ3v) is 7.53. The second kappa shape index (κ2) is 9.39. The molecule has 182 valence electrons. The Morgan fingerprint density at radius 1 is 1.03 bits per heavy atom. The number of oxazole rings is 1. The third-order valence-electron chi connectivity index (χ3n) is 6.65. The summed E-state index contributed by atoms with van der Waals surface area (Å²) in [6.45, 7) is 5.31. The summed E-state index contributed by atoms with van der Waals surface area (Å²) in [5.41, 5.74) is 5.33. The van der Waals surface area contributed by atoms with Gasteiger partial charge in [0, 0.05) is 41.7 Å². The number of hydrogen-bond donors (Lipinski definition) is 0. The molecule has 3 aromatic heterocycles. The van der Waals surface area contributed by atoms with Gasteiger partial charge in [0.05, 0.1) is 0 Å². The van der Waals surface area contributed by atoms with E-state index in [-0.39, 0.29) is 11.8 Å². The van der Waals surface area contributed by atoms with Crippen LogP contribution in [-0.2, 0) is 5.75 Å². The number of carbonyl (C=O) groups is 1. The van der Waals surface area contributed by atoms with Crippen molar-refractivity contribution in [1.29, 1.82) is 0 Å². The number of aryl methyl sites for hydroxylation is 2. The first-order valence-corrected chi connectivity index (χ1v) is 13.1. The van der Waals surface area contributed by atoms with Crippen molar-refractivity contribution in [3.63, 3.8) is 0 Å². The number of thioether (sulfide) groups is 1. The number of carbonyl (C=O) groups excluding carboxylic acids is 1. The molecule has 5 aromatic rings. The maximum absolute atomic E-state index is 13.5. The smallest absolute Gasteiger partial charge is 0.254 e. The van der Waals surface area contributed by atoms with Gasteiger partial charge in [-0.2, -0.15) is 4.98 Å². The number of piperidine rings is 1. The van der Waals surface area contributed by atoms with E-state index in [0.29, 0.717) is 29.8 Å². The summed E-state index contributed by atoms with van der Waals surface area (Å²) >= 11 is 1.52. The van der Waals surface area contributed by atoms with Crippen molar-refractivity contribution < 1.29 is 9.21 Å². The number of benzene rings is 2. The van der Waals surface area contributed by atoms with E-state index < -0.39 is 0 Å². The van der Waals surface area contributed by atoms with Crippen LogP contribution in [0.4, 0.5) is 0 Å². The Bertz CT molecular complexity index is 1530. The van der Waals surface area contributed by atoms with Crippen LogP contribution in [-0.4, -0.2) is 48.5 Å². The summed E-state index contributed by atoms with van der Waals surface area (Å²) in [5, 5.41) is 5.23. The van der Waals surface area contributed by atoms with E-state index in [1.54, 1.807) is 4.52 Å². The Labute approximate surface area is 212 Å². The molecule has 0 saturated carbocycles. The molecule has 0 N–H and O–H groups in total. The quantitative estimate of drug-likeness (QED) is 0.308. The minimum Gasteiger partial charge on any atom is -0.440 e. The molecule has 1 aliphatic heterocycles. The second-order valence-corrected chi connectivity index (χ2v) is 10.1. The van der Waals surface area contributed by atoms with Gasteiger partial charge >= 0.3 is 0 Å². The molecule has 1 amide bonds. The van der Waals surface area contributed by atoms with E-state index in [1.165, 1.54) is 11.8 Å². The predicted octanol–water partition coefficient (Wildman–Crippen LogP) is 5.19. The highest BCUT2D eigenvalue weighted by Gasteiger charge is 2.28. The van der Waals surface area contributed by atoms with Gasteiger partial charge in [-0.1, -0.05) is 42.1 Å². The number of fused-ring (bicyclic) bond motifs is 2. The molecule has 9 heteroatoms. The fraction of sp³-hybridized carbons (Fsp3) is 0.296. The molecule has 2 aromatic carbocycles. The fourth-order valence-electron chi connectivity index (χ4n) is 4.77. The molecule has 8 nitrogen and oxygen atoms in total. The molecular formula is C27H26N6O2S. The van der Waals surface area contributed by atoms with E-state index >= 15 is 0 Å². The summed E-state index contributed by atoms with van der Waals surface area (Å²) in [7, 11) is 0. The summed E-state index contributed by atoms with van der Waals surface area (Å²) < 4.78 is 7.74. The molecule has 1 saturated heterocycles. The maximum atomic E-state index is 13.5. The van der Waals surface area contributed by atoms with Crippen LogP contribution in [0, 0.1) is 13.8 Å². The number of hydrogen-bond acceptors (Lipinski definition) is 7. The van der Waals surface area contributed by atoms with Crippen LogP contribution in [0.3, 0.4) is 0 Å². The van der Waals surface area contributed by atoms with Gasteiger partial charge in [-0.25, -0.2) is 14.5 Å². The highest BCUT2D eigenvalue weighted by atomic mass is 32.2. The zero-order chi connectivity index (χ0) is 24.6. The molecule has 0 aliphatic carbocycles. The first-order chi connectivity index (χ1) is 17.5. The molecule has 1 aliphatic rings. The third kappa shape index (κ3) is 4.35. The van der Waals surface area contributed by atoms with Gasteiger partial charge in [0.2, 0.25) is 5.16 Å². The number of likely N-dealkylation sites (tertiary alicyclic amines) is 1. The molecule has 0 radical (unpaired) electrons. The van der Waals surface area contributed by atoms with E-state index in [9.17, 15) is 4.79 Å². The predicted molar refractivity (Wildman–Crippen MR) is 138 cm³/mol. The molecule has 1 fully saturated rings. The number of aromatic nitrogens is 5. The highest BCUT2D eigenvalue weighted by molar-refractivity contribution is 7.98. The lowest BCUT2D eigenvalue weighted by molar-refractivity contribution is 0.0706. The standard InChI is InChI=1S/C27H26N6O2S/c1-17-15-18(2)33-26(28-17)30-27(31-33)36-16-20-7-3-4-8-21(20)25(34)32-13-11-19(12-14-32)24-29-22-9-5-6-10-23(22)35-24/h3-10,15,19H,11-14,16H2,1-2H3. The largest absolute Gasteiger partial charge is 0.440 e. The Morgan fingerprint density at radius 3 is 2.64 bits per heavy atom. The van der Waals surface area contributed by atoms with E-state index in [2.05, 4.69) is 20.1 Å². The molecule has 0 bridgehead atoms. The average Bonchev–Trinajstić information content (AvgIpc) is 3.52. The number of para-hydroxylation sites is 2. The second-order valence-electron chi connectivity index (χ2n) is 9.18. The molecule has 36 heavy (non-hydrogen) atoms. The lowest BCUT2D eigenvalue weighted by Gasteiger charge is -2.31. The van der Waals surface area contributed by atoms with Gasteiger partial charge in [-0.05, 0) is 56.5 Å². The molecular weight excluding hydrogens is 472 g/mol. The summed E-state index contributed by atoms with van der Waals surface area (Å²) in [5.74, 6) is 2.28. The lowest BCUT2D eigenvalue weighted by atomic mass is 9.96. The van der Waals surface area contributed by atoms with E-state index in [4.69, 9.17) is 4.42 Å². The zero-order valence-electron chi connectivity index (χ0n) is 20.2. The average molecular weight is 499 g/mol. The first kappa shape index (κ1) is 22.7. The van der Waals surface area contributed by atoms with Crippen molar-refractivity contribution >= 4 is 34.5 Å². The number of nitrogens with zero attached hydrogens (tertiary/aromatic N) is 6. The van der Waals surface area contributed by atoms with Gasteiger partial charge in [0.25, 0.3) is 11.7 Å². The van der Waals surface area contributed by atoms with Crippen molar-refractivity contribution in [3.05, 3.63) is 83.0 Å². The normalized spacial score (nSPS) is 14.7. The molecule has 4 heterocycles. The van der Waals surface area contributed by atoms with Gasteiger partial charge < -0.3 is 9.32 Å². The highest BCUT2D eigenvalue weighted by Crippen LogP contribution is 2.31. The summed E-state index contributed by atoms with van der Waals surface area (Å²) in [4.78, 5) is 29.1. The van der Waals surface area contributed by atoms with E-state index in [1.807, 2.05) is 73.3 Å². The van der Waals surface area contributed by atoms with Crippen LogP contribution in [0.1, 0.15) is 52.0 Å². The zero-order valence-corrected chi connectivity index (χ0v) is 21.0. The molecule has 6 rings (SSSR count). The minimum atomic E-state index is 0.0679. The summed E-state index contributed by atoms with van der Waals surface area (Å²) in [6, 6.07) is 17.6. The van der Waals surface area contributed by atoms with Crippen LogP contribution >= 0.6 is 11.8 Å². The van der Waals surface area contributed by atoms with Crippen molar-refractivity contribution in [3.8, 4) is 0 Å². The Kier molecular flexibility index (Phi) is 5.92. The Morgan fingerprint density at radius 2 is 1.81 bits per heavy atom. The topological polar surface area (TPSA) is 89.4 Å². The molecule has 0 spiro atoms. The van der Waals surface area contributed by atoms with Crippen LogP contribution in [0.25, 0.3) is 16.9 Å². The van der Waals surface area contributed by atoms with Gasteiger partial charge in [0.15, 0.2) is 11.5 Å². The van der Waals surface area contributed by atoms with Crippen LogP contribution in [0.5, 0.6) is 0 Å². The fourth-order valence-corrected chi connectivity index (χ4v) is 5.59. The van der Waals surface area contributed by atoms with Crippen LogP contribution < -0.4 is 0 Å². The van der Waals surface area contributed by atoms with Crippen LogP contribution in [0.2, 0.25) is 0 Å². The monoisotopic (exact) mass is 498 g/mol. The number of rotatable bonds is 5. The van der Waals surface area contributed by atoms with Gasteiger partial charge in [-0.15, -0.1) is 5.10 Å². The van der Waals surface area contributed by atoms with E-state index in [0.717, 1.165) is 52.3 Å². The molecule has 0 atom stereocenters. The lowest BCUT2D eigenvalue weighted by Crippen LogP contribution is -2.38. The van der Waals surface area contributed by atoms with Gasteiger partial charge in [0.1, 0.15) is 5.52 Å². The maximum Gasteiger partial charge on any atom is 0.254 e. The van der Waals surface area contributed by atoms with Crippen molar-refractivity contribution in [1.82, 2.24) is 29.5 Å². The minimum absolute atomic E-state index is 0.0679. The van der Waals surface area contributed by atoms with Gasteiger partial charge in [-0.3, -0.25) is 4.79 Å². The molecule has 0 unspecified atom stereocenters. The first-order valence-electron chi connectivity index (χ1n) is 12.1. The van der Waals surface area contributed by atoms with Crippen molar-refractivity contribution in [2.45, 2.75) is 43.5 Å². The van der Waals surface area contributed by atoms with Crippen molar-refractivity contribution in [2.75, 3.05) is 13.1 Å². The Balaban J connectivity index is 1.13. The SMILES string of the molecule is Cc1cc(C)n2nc(SCc3ccccc3C(=O)N3CCC(c4nc5ccccc5o4)CC3)nc2n1. The summed E-state index contributed by atoms with van der Waals surface area (Å²) in [6.07, 6.45) is 1.68. The van der Waals surface area contributed by atoms with Crippen molar-refractivity contribution in [2.24, 2.45) is 0 Å². The number of amides is 1. The van der Waals surface area contributed by atoms with Crippen LogP contribution in [0.15, 0.2) is 64.2 Å².